The lowest BCUT2D eigenvalue weighted by Gasteiger charge is -2.38. The van der Waals surface area contributed by atoms with Crippen molar-refractivity contribution in [1.29, 1.82) is 0 Å². The zero-order chi connectivity index (χ0) is 14.4. The van der Waals surface area contributed by atoms with E-state index in [1.807, 2.05) is 12.1 Å². The lowest BCUT2D eigenvalue weighted by molar-refractivity contribution is -0.120. The molecule has 1 aliphatic rings. The number of rotatable bonds is 5. The molecule has 0 spiro atoms. The molecule has 1 aromatic carbocycles. The normalized spacial score (nSPS) is 16.9. The maximum absolute atomic E-state index is 11.7. The van der Waals surface area contributed by atoms with Gasteiger partial charge in [-0.3, -0.25) is 4.79 Å². The zero-order valence-corrected chi connectivity index (χ0v) is 14.0. The van der Waals surface area contributed by atoms with E-state index in [2.05, 4.69) is 22.8 Å². The summed E-state index contributed by atoms with van der Waals surface area (Å²) in [4.78, 5) is 11.7. The predicted molar refractivity (Wildman–Crippen MR) is 90.4 cm³/mol. The van der Waals surface area contributed by atoms with E-state index in [1.165, 1.54) is 24.8 Å². The maximum atomic E-state index is 11.7. The van der Waals surface area contributed by atoms with E-state index in [0.29, 0.717) is 6.54 Å². The number of likely N-dealkylation sites (N-methyl/N-ethyl adjacent to an activating group) is 1. The van der Waals surface area contributed by atoms with E-state index in [9.17, 15) is 4.79 Å². The third-order valence-corrected chi connectivity index (χ3v) is 4.48. The van der Waals surface area contributed by atoms with Crippen molar-refractivity contribution < 1.29 is 4.79 Å². The SMILES string of the molecule is CNCC(=O)NCC1(c2ccc(Cl)cc2)CCCCC1.Cl. The molecule has 0 unspecified atom stereocenters. The minimum atomic E-state index is 0. The molecule has 118 valence electrons. The summed E-state index contributed by atoms with van der Waals surface area (Å²) >= 11 is 5.99. The van der Waals surface area contributed by atoms with Crippen LogP contribution in [-0.4, -0.2) is 26.0 Å². The Morgan fingerprint density at radius 3 is 2.38 bits per heavy atom. The van der Waals surface area contributed by atoms with E-state index in [1.54, 1.807) is 7.05 Å². The van der Waals surface area contributed by atoms with Gasteiger partial charge in [-0.25, -0.2) is 0 Å². The lowest BCUT2D eigenvalue weighted by atomic mass is 9.69. The molecule has 0 saturated heterocycles. The van der Waals surface area contributed by atoms with Crippen molar-refractivity contribution in [2.24, 2.45) is 0 Å². The Bertz CT molecular complexity index is 442. The summed E-state index contributed by atoms with van der Waals surface area (Å²) < 4.78 is 0. The second kappa shape index (κ2) is 8.62. The van der Waals surface area contributed by atoms with Gasteiger partial charge < -0.3 is 10.6 Å². The van der Waals surface area contributed by atoms with Crippen LogP contribution in [0, 0.1) is 0 Å². The minimum absolute atomic E-state index is 0. The fourth-order valence-corrected chi connectivity index (χ4v) is 3.22. The summed E-state index contributed by atoms with van der Waals surface area (Å²) in [5.41, 5.74) is 1.37. The van der Waals surface area contributed by atoms with Crippen molar-refractivity contribution in [1.82, 2.24) is 10.6 Å². The first-order valence-electron chi connectivity index (χ1n) is 7.34. The number of benzene rings is 1. The van der Waals surface area contributed by atoms with Gasteiger partial charge >= 0.3 is 0 Å². The van der Waals surface area contributed by atoms with E-state index in [-0.39, 0.29) is 23.7 Å². The predicted octanol–water partition coefficient (Wildman–Crippen LogP) is 3.30. The molecule has 1 fully saturated rings. The van der Waals surface area contributed by atoms with Gasteiger partial charge in [0.25, 0.3) is 0 Å². The standard InChI is InChI=1S/C16H23ClN2O.ClH/c1-18-11-15(20)19-12-16(9-3-2-4-10-16)13-5-7-14(17)8-6-13;/h5-8,18H,2-4,9-12H2,1H3,(H,19,20);1H. The smallest absolute Gasteiger partial charge is 0.233 e. The molecule has 2 N–H and O–H groups in total. The molecule has 3 nitrogen and oxygen atoms in total. The molecule has 0 bridgehead atoms. The Balaban J connectivity index is 0.00000220. The average molecular weight is 331 g/mol. The monoisotopic (exact) mass is 330 g/mol. The molecule has 1 aromatic rings. The van der Waals surface area contributed by atoms with Gasteiger partial charge in [-0.1, -0.05) is 43.0 Å². The molecule has 5 heteroatoms. The van der Waals surface area contributed by atoms with Crippen LogP contribution < -0.4 is 10.6 Å². The number of carbonyl (C=O) groups is 1. The molecule has 21 heavy (non-hydrogen) atoms. The third-order valence-electron chi connectivity index (χ3n) is 4.23. The van der Waals surface area contributed by atoms with E-state index in [0.717, 1.165) is 24.4 Å². The highest BCUT2D eigenvalue weighted by atomic mass is 35.5. The van der Waals surface area contributed by atoms with E-state index in [4.69, 9.17) is 11.6 Å². The van der Waals surface area contributed by atoms with Crippen molar-refractivity contribution in [3.63, 3.8) is 0 Å². The minimum Gasteiger partial charge on any atom is -0.354 e. The van der Waals surface area contributed by atoms with Crippen LogP contribution in [0.15, 0.2) is 24.3 Å². The van der Waals surface area contributed by atoms with Gasteiger partial charge in [-0.05, 0) is 37.6 Å². The second-order valence-corrected chi connectivity index (χ2v) is 6.09. The molecule has 0 radical (unpaired) electrons. The van der Waals surface area contributed by atoms with Gasteiger partial charge in [0.15, 0.2) is 0 Å². The van der Waals surface area contributed by atoms with Crippen LogP contribution in [0.4, 0.5) is 0 Å². The number of carbonyl (C=O) groups excluding carboxylic acids is 1. The van der Waals surface area contributed by atoms with Crippen molar-refractivity contribution >= 4 is 29.9 Å². The summed E-state index contributed by atoms with van der Waals surface area (Å²) in [6.07, 6.45) is 6.01. The van der Waals surface area contributed by atoms with Crippen LogP contribution in [0.3, 0.4) is 0 Å². The van der Waals surface area contributed by atoms with Crippen molar-refractivity contribution in [2.45, 2.75) is 37.5 Å². The van der Waals surface area contributed by atoms with Gasteiger partial charge in [-0.15, -0.1) is 12.4 Å². The van der Waals surface area contributed by atoms with Crippen LogP contribution in [0.2, 0.25) is 5.02 Å². The average Bonchev–Trinajstić information content (AvgIpc) is 2.47. The number of amides is 1. The molecule has 0 atom stereocenters. The maximum Gasteiger partial charge on any atom is 0.233 e. The molecule has 0 aromatic heterocycles. The molecule has 1 saturated carbocycles. The van der Waals surface area contributed by atoms with Crippen LogP contribution in [0.25, 0.3) is 0 Å². The van der Waals surface area contributed by atoms with Crippen molar-refractivity contribution in [2.75, 3.05) is 20.1 Å². The van der Waals surface area contributed by atoms with E-state index >= 15 is 0 Å². The van der Waals surface area contributed by atoms with Crippen LogP contribution in [-0.2, 0) is 10.2 Å². The summed E-state index contributed by atoms with van der Waals surface area (Å²) in [6, 6.07) is 8.11. The van der Waals surface area contributed by atoms with Crippen LogP contribution >= 0.6 is 24.0 Å². The summed E-state index contributed by atoms with van der Waals surface area (Å²) in [7, 11) is 1.79. The first kappa shape index (κ1) is 18.3. The quantitative estimate of drug-likeness (QED) is 0.869. The van der Waals surface area contributed by atoms with Gasteiger partial charge in [0.2, 0.25) is 5.91 Å². The van der Waals surface area contributed by atoms with Crippen molar-refractivity contribution in [3.05, 3.63) is 34.9 Å². The lowest BCUT2D eigenvalue weighted by Crippen LogP contribution is -2.44. The fourth-order valence-electron chi connectivity index (χ4n) is 3.09. The Kier molecular flexibility index (Phi) is 7.50. The highest BCUT2D eigenvalue weighted by Crippen LogP contribution is 2.39. The zero-order valence-electron chi connectivity index (χ0n) is 12.5. The van der Waals surface area contributed by atoms with Gasteiger partial charge in [0.1, 0.15) is 0 Å². The van der Waals surface area contributed by atoms with Gasteiger partial charge in [0, 0.05) is 17.0 Å². The molecule has 2 rings (SSSR count). The molecular weight excluding hydrogens is 307 g/mol. The molecule has 1 amide bonds. The summed E-state index contributed by atoms with van der Waals surface area (Å²) in [5.74, 6) is 0.0615. The molecule has 1 aliphatic carbocycles. The number of halogens is 2. The summed E-state index contributed by atoms with van der Waals surface area (Å²) in [5, 5.41) is 6.72. The molecular formula is C16H24Cl2N2O. The van der Waals surface area contributed by atoms with Crippen LogP contribution in [0.1, 0.15) is 37.7 Å². The number of hydrogen-bond donors (Lipinski definition) is 2. The van der Waals surface area contributed by atoms with Gasteiger partial charge in [0.05, 0.1) is 6.54 Å². The highest BCUT2D eigenvalue weighted by Gasteiger charge is 2.34. The highest BCUT2D eigenvalue weighted by molar-refractivity contribution is 6.30. The van der Waals surface area contributed by atoms with E-state index < -0.39 is 0 Å². The van der Waals surface area contributed by atoms with Crippen LogP contribution in [0.5, 0.6) is 0 Å². The Morgan fingerprint density at radius 1 is 1.19 bits per heavy atom. The largest absolute Gasteiger partial charge is 0.354 e. The third kappa shape index (κ3) is 4.87. The fraction of sp³-hybridized carbons (Fsp3) is 0.562. The Labute approximate surface area is 138 Å². The second-order valence-electron chi connectivity index (χ2n) is 5.65. The Hall–Kier alpha value is -0.770. The molecule has 0 aliphatic heterocycles. The van der Waals surface area contributed by atoms with Gasteiger partial charge in [-0.2, -0.15) is 0 Å². The first-order valence-corrected chi connectivity index (χ1v) is 7.71. The topological polar surface area (TPSA) is 41.1 Å². The molecule has 0 heterocycles. The summed E-state index contributed by atoms with van der Waals surface area (Å²) in [6.45, 7) is 1.09. The number of nitrogens with one attached hydrogen (secondary N) is 2. The number of hydrogen-bond acceptors (Lipinski definition) is 2. The van der Waals surface area contributed by atoms with Crippen molar-refractivity contribution in [3.8, 4) is 0 Å². The first-order chi connectivity index (χ1) is 9.66. The Morgan fingerprint density at radius 2 is 1.81 bits per heavy atom.